The number of nitrogens with one attached hydrogen (secondary N) is 1. The van der Waals surface area contributed by atoms with Gasteiger partial charge in [-0.3, -0.25) is 4.79 Å². The number of carbonyl (C=O) groups excluding carboxylic acids is 1. The van der Waals surface area contributed by atoms with Crippen LogP contribution in [0.5, 0.6) is 5.75 Å². The maximum Gasteiger partial charge on any atom is 0.248 e. The molecule has 3 nitrogen and oxygen atoms in total. The number of anilines is 1. The van der Waals surface area contributed by atoms with Crippen molar-refractivity contribution in [3.8, 4) is 5.75 Å². The number of benzene rings is 2. The van der Waals surface area contributed by atoms with Crippen LogP contribution in [0.3, 0.4) is 0 Å². The summed E-state index contributed by atoms with van der Waals surface area (Å²) in [6.07, 6.45) is 3.19. The van der Waals surface area contributed by atoms with Crippen molar-refractivity contribution < 1.29 is 9.53 Å². The van der Waals surface area contributed by atoms with Crippen molar-refractivity contribution in [3.63, 3.8) is 0 Å². The van der Waals surface area contributed by atoms with Crippen LogP contribution in [0.25, 0.3) is 6.08 Å². The van der Waals surface area contributed by atoms with Gasteiger partial charge in [-0.25, -0.2) is 0 Å². The summed E-state index contributed by atoms with van der Waals surface area (Å²) in [4.78, 5) is 11.8. The summed E-state index contributed by atoms with van der Waals surface area (Å²) in [7, 11) is 0. The highest BCUT2D eigenvalue weighted by molar-refractivity contribution is 6.30. The smallest absolute Gasteiger partial charge is 0.248 e. The molecule has 2 aromatic rings. The molecule has 4 heteroatoms. The Kier molecular flexibility index (Phi) is 5.41. The third-order valence-corrected chi connectivity index (χ3v) is 2.94. The summed E-state index contributed by atoms with van der Waals surface area (Å²) in [6, 6.07) is 14.5. The maximum atomic E-state index is 11.8. The summed E-state index contributed by atoms with van der Waals surface area (Å²) in [5.41, 5.74) is 1.60. The SMILES string of the molecule is CCOc1ccc(NC(=O)/C=C/c2cccc(Cl)c2)cc1. The lowest BCUT2D eigenvalue weighted by molar-refractivity contribution is -0.111. The van der Waals surface area contributed by atoms with Crippen LogP contribution in [0.1, 0.15) is 12.5 Å². The Morgan fingerprint density at radius 1 is 1.24 bits per heavy atom. The second-order valence-electron chi connectivity index (χ2n) is 4.33. The zero-order valence-corrected chi connectivity index (χ0v) is 12.4. The Bertz CT molecular complexity index is 635. The Hall–Kier alpha value is -2.26. The average molecular weight is 302 g/mol. The molecule has 0 aliphatic rings. The molecule has 0 spiro atoms. The Labute approximate surface area is 129 Å². The van der Waals surface area contributed by atoms with Crippen molar-refractivity contribution in [1.29, 1.82) is 0 Å². The van der Waals surface area contributed by atoms with Gasteiger partial charge in [0.25, 0.3) is 0 Å². The van der Waals surface area contributed by atoms with E-state index >= 15 is 0 Å². The van der Waals surface area contributed by atoms with Crippen LogP contribution in [0.2, 0.25) is 5.02 Å². The lowest BCUT2D eigenvalue weighted by Crippen LogP contribution is -2.07. The van der Waals surface area contributed by atoms with E-state index in [0.29, 0.717) is 11.6 Å². The number of hydrogen-bond acceptors (Lipinski definition) is 2. The molecule has 1 N–H and O–H groups in total. The van der Waals surface area contributed by atoms with Crippen LogP contribution in [0.4, 0.5) is 5.69 Å². The molecule has 0 atom stereocenters. The van der Waals surface area contributed by atoms with Gasteiger partial charge >= 0.3 is 0 Å². The van der Waals surface area contributed by atoms with Gasteiger partial charge in [0.2, 0.25) is 5.91 Å². The first kappa shape index (κ1) is 15.1. The largest absolute Gasteiger partial charge is 0.494 e. The van der Waals surface area contributed by atoms with Gasteiger partial charge < -0.3 is 10.1 Å². The molecule has 0 aliphatic heterocycles. The number of carbonyl (C=O) groups is 1. The fraction of sp³-hybridized carbons (Fsp3) is 0.118. The third kappa shape index (κ3) is 4.97. The van der Waals surface area contributed by atoms with Crippen molar-refractivity contribution in [1.82, 2.24) is 0 Å². The van der Waals surface area contributed by atoms with Crippen molar-refractivity contribution >= 4 is 29.3 Å². The zero-order valence-electron chi connectivity index (χ0n) is 11.7. The molecule has 0 saturated heterocycles. The number of hydrogen-bond donors (Lipinski definition) is 1. The summed E-state index contributed by atoms with van der Waals surface area (Å²) in [6.45, 7) is 2.55. The lowest BCUT2D eigenvalue weighted by Gasteiger charge is -2.05. The first-order valence-corrected chi connectivity index (χ1v) is 7.02. The molecule has 21 heavy (non-hydrogen) atoms. The zero-order chi connectivity index (χ0) is 15.1. The van der Waals surface area contributed by atoms with Gasteiger partial charge in [0.1, 0.15) is 5.75 Å². The molecule has 0 heterocycles. The minimum atomic E-state index is -0.195. The van der Waals surface area contributed by atoms with Gasteiger partial charge in [-0.2, -0.15) is 0 Å². The molecule has 2 aromatic carbocycles. The third-order valence-electron chi connectivity index (χ3n) is 2.71. The molecular weight excluding hydrogens is 286 g/mol. The van der Waals surface area contributed by atoms with Gasteiger partial charge in [-0.05, 0) is 55.0 Å². The molecular formula is C17H16ClNO2. The number of rotatable bonds is 5. The minimum Gasteiger partial charge on any atom is -0.494 e. The van der Waals surface area contributed by atoms with Crippen LogP contribution in [0.15, 0.2) is 54.6 Å². The summed E-state index contributed by atoms with van der Waals surface area (Å²) >= 11 is 5.88. The Balaban J connectivity index is 1.95. The fourth-order valence-electron chi connectivity index (χ4n) is 1.77. The van der Waals surface area contributed by atoms with Gasteiger partial charge in [0.15, 0.2) is 0 Å². The first-order valence-electron chi connectivity index (χ1n) is 6.65. The van der Waals surface area contributed by atoms with Crippen LogP contribution < -0.4 is 10.1 Å². The van der Waals surface area contributed by atoms with E-state index < -0.39 is 0 Å². The van der Waals surface area contributed by atoms with Crippen molar-refractivity contribution in [2.45, 2.75) is 6.92 Å². The second kappa shape index (κ2) is 7.50. The van der Waals surface area contributed by atoms with Gasteiger partial charge in [-0.15, -0.1) is 0 Å². The highest BCUT2D eigenvalue weighted by atomic mass is 35.5. The summed E-state index contributed by atoms with van der Waals surface area (Å²) < 4.78 is 5.34. The van der Waals surface area contributed by atoms with Crippen LogP contribution in [-0.4, -0.2) is 12.5 Å². The molecule has 2 rings (SSSR count). The maximum absolute atomic E-state index is 11.8. The van der Waals surface area contributed by atoms with E-state index in [1.807, 2.05) is 31.2 Å². The molecule has 0 bridgehead atoms. The highest BCUT2D eigenvalue weighted by Crippen LogP contribution is 2.16. The van der Waals surface area contributed by atoms with E-state index in [-0.39, 0.29) is 5.91 Å². The van der Waals surface area contributed by atoms with E-state index in [1.54, 1.807) is 30.3 Å². The summed E-state index contributed by atoms with van der Waals surface area (Å²) in [5.74, 6) is 0.587. The van der Waals surface area contributed by atoms with E-state index in [4.69, 9.17) is 16.3 Å². The normalized spacial score (nSPS) is 10.6. The molecule has 0 radical (unpaired) electrons. The van der Waals surface area contributed by atoms with Gasteiger partial charge in [-0.1, -0.05) is 23.7 Å². The minimum absolute atomic E-state index is 0.195. The number of ether oxygens (including phenoxy) is 1. The van der Waals surface area contributed by atoms with Crippen LogP contribution in [-0.2, 0) is 4.79 Å². The van der Waals surface area contributed by atoms with Crippen LogP contribution in [0, 0.1) is 0 Å². The van der Waals surface area contributed by atoms with Crippen LogP contribution >= 0.6 is 11.6 Å². The predicted molar refractivity (Wildman–Crippen MR) is 86.7 cm³/mol. The quantitative estimate of drug-likeness (QED) is 0.832. The van der Waals surface area contributed by atoms with E-state index in [9.17, 15) is 4.79 Å². The topological polar surface area (TPSA) is 38.3 Å². The first-order chi connectivity index (χ1) is 10.2. The molecule has 0 aromatic heterocycles. The number of amides is 1. The van der Waals surface area contributed by atoms with Crippen molar-refractivity contribution in [2.24, 2.45) is 0 Å². The Morgan fingerprint density at radius 2 is 2.00 bits per heavy atom. The average Bonchev–Trinajstić information content (AvgIpc) is 2.48. The Morgan fingerprint density at radius 3 is 2.67 bits per heavy atom. The molecule has 0 unspecified atom stereocenters. The fourth-order valence-corrected chi connectivity index (χ4v) is 1.97. The molecule has 1 amide bonds. The van der Waals surface area contributed by atoms with E-state index in [0.717, 1.165) is 17.0 Å². The van der Waals surface area contributed by atoms with Crippen molar-refractivity contribution in [2.75, 3.05) is 11.9 Å². The molecule has 0 saturated carbocycles. The van der Waals surface area contributed by atoms with Crippen molar-refractivity contribution in [3.05, 3.63) is 65.2 Å². The second-order valence-corrected chi connectivity index (χ2v) is 4.77. The monoisotopic (exact) mass is 301 g/mol. The molecule has 108 valence electrons. The standard InChI is InChI=1S/C17H16ClNO2/c1-2-21-16-9-7-15(8-10-16)19-17(20)11-6-13-4-3-5-14(18)12-13/h3-12H,2H2,1H3,(H,19,20)/b11-6+. The van der Waals surface area contributed by atoms with E-state index in [1.165, 1.54) is 6.08 Å². The van der Waals surface area contributed by atoms with Gasteiger partial charge in [0, 0.05) is 16.8 Å². The number of halogens is 1. The summed E-state index contributed by atoms with van der Waals surface area (Å²) in [5, 5.41) is 3.42. The lowest BCUT2D eigenvalue weighted by atomic mass is 10.2. The van der Waals surface area contributed by atoms with E-state index in [2.05, 4.69) is 5.32 Å². The van der Waals surface area contributed by atoms with Gasteiger partial charge in [0.05, 0.1) is 6.61 Å². The molecule has 0 fully saturated rings. The highest BCUT2D eigenvalue weighted by Gasteiger charge is 1.99. The predicted octanol–water partition coefficient (Wildman–Crippen LogP) is 4.39. The molecule has 0 aliphatic carbocycles.